The van der Waals surface area contributed by atoms with Crippen molar-refractivity contribution in [3.63, 3.8) is 0 Å². The number of furan rings is 1. The second kappa shape index (κ2) is 6.86. The monoisotopic (exact) mass is 388 g/mol. The molecule has 0 unspecified atom stereocenters. The molecule has 0 radical (unpaired) electrons. The third-order valence-corrected chi connectivity index (χ3v) is 6.65. The normalized spacial score (nSPS) is 19.4. The summed E-state index contributed by atoms with van der Waals surface area (Å²) in [6, 6.07) is 3.79. The second-order valence-electron chi connectivity index (χ2n) is 8.00. The van der Waals surface area contributed by atoms with Gasteiger partial charge in [-0.2, -0.15) is 0 Å². The van der Waals surface area contributed by atoms with Crippen LogP contribution in [0.5, 0.6) is 0 Å². The van der Waals surface area contributed by atoms with Crippen molar-refractivity contribution < 1.29 is 14.0 Å². The lowest BCUT2D eigenvalue weighted by atomic mass is 9.77. The molecule has 0 saturated carbocycles. The fraction of sp³-hybridized carbons (Fsp3) is 0.524. The minimum atomic E-state index is 0.0667. The molecule has 1 spiro atoms. The van der Waals surface area contributed by atoms with Gasteiger partial charge in [0.15, 0.2) is 0 Å². The van der Waals surface area contributed by atoms with E-state index in [2.05, 4.69) is 0 Å². The van der Waals surface area contributed by atoms with Crippen LogP contribution in [-0.2, 0) is 16.0 Å². The van der Waals surface area contributed by atoms with Crippen LogP contribution in [0.25, 0.3) is 11.0 Å². The number of piperidine rings is 1. The molecule has 6 heteroatoms. The van der Waals surface area contributed by atoms with Crippen LogP contribution in [0.4, 0.5) is 0 Å². The molecule has 5 nitrogen and oxygen atoms in total. The van der Waals surface area contributed by atoms with Gasteiger partial charge in [-0.1, -0.05) is 11.6 Å². The molecule has 2 aliphatic heterocycles. The number of rotatable bonds is 3. The van der Waals surface area contributed by atoms with E-state index in [1.165, 1.54) is 0 Å². The molecule has 1 aromatic carbocycles. The standard InChI is InChI=1S/C21H25ClN2O3/c1-3-23-13-21(11-20(23)26)4-6-24(7-5-21)19(25)9-15-12-27-18-8-14(2)17(22)10-16(15)18/h8,10,12H,3-7,9,11,13H2,1-2H3. The molecule has 27 heavy (non-hydrogen) atoms. The first-order chi connectivity index (χ1) is 12.9. The Bertz CT molecular complexity index is 896. The predicted molar refractivity (Wildman–Crippen MR) is 105 cm³/mol. The summed E-state index contributed by atoms with van der Waals surface area (Å²) in [4.78, 5) is 28.8. The first-order valence-corrected chi connectivity index (χ1v) is 10.0. The SMILES string of the molecule is CCN1CC2(CCN(C(=O)Cc3coc4cc(C)c(Cl)cc34)CC2)CC1=O. The number of hydrogen-bond donors (Lipinski definition) is 0. The number of nitrogens with zero attached hydrogens (tertiary/aromatic N) is 2. The van der Waals surface area contributed by atoms with E-state index >= 15 is 0 Å². The third-order valence-electron chi connectivity index (χ3n) is 6.24. The lowest BCUT2D eigenvalue weighted by Gasteiger charge is -2.38. The number of benzene rings is 1. The van der Waals surface area contributed by atoms with Gasteiger partial charge in [0.1, 0.15) is 5.58 Å². The summed E-state index contributed by atoms with van der Waals surface area (Å²) in [6.07, 6.45) is 4.42. The molecule has 144 valence electrons. The number of carbonyl (C=O) groups excluding carboxylic acids is 2. The molecule has 2 aromatic rings. The molecule has 0 atom stereocenters. The fourth-order valence-electron chi connectivity index (χ4n) is 4.45. The molecular weight excluding hydrogens is 364 g/mol. The molecule has 0 aliphatic carbocycles. The van der Waals surface area contributed by atoms with Gasteiger partial charge in [-0.05, 0) is 44.4 Å². The lowest BCUT2D eigenvalue weighted by Crippen LogP contribution is -2.44. The minimum Gasteiger partial charge on any atom is -0.464 e. The summed E-state index contributed by atoms with van der Waals surface area (Å²) >= 11 is 6.24. The molecule has 2 saturated heterocycles. The van der Waals surface area contributed by atoms with Crippen molar-refractivity contribution in [2.24, 2.45) is 5.41 Å². The quantitative estimate of drug-likeness (QED) is 0.803. The Kier molecular flexibility index (Phi) is 4.66. The van der Waals surface area contributed by atoms with E-state index in [9.17, 15) is 9.59 Å². The number of carbonyl (C=O) groups is 2. The van der Waals surface area contributed by atoms with E-state index in [1.54, 1.807) is 6.26 Å². The molecular formula is C21H25ClN2O3. The van der Waals surface area contributed by atoms with Crippen LogP contribution in [0.3, 0.4) is 0 Å². The van der Waals surface area contributed by atoms with Gasteiger partial charge in [-0.15, -0.1) is 0 Å². The Hall–Kier alpha value is -2.01. The molecule has 2 amide bonds. The van der Waals surface area contributed by atoms with Crippen LogP contribution >= 0.6 is 11.6 Å². The van der Waals surface area contributed by atoms with E-state index in [4.69, 9.17) is 16.0 Å². The first-order valence-electron chi connectivity index (χ1n) is 9.62. The number of amides is 2. The van der Waals surface area contributed by atoms with E-state index in [0.717, 1.165) is 61.1 Å². The van der Waals surface area contributed by atoms with Crippen molar-refractivity contribution in [3.05, 3.63) is 34.5 Å². The predicted octanol–water partition coefficient (Wildman–Crippen LogP) is 3.80. The Morgan fingerprint density at radius 2 is 2.04 bits per heavy atom. The van der Waals surface area contributed by atoms with Crippen molar-refractivity contribution >= 4 is 34.4 Å². The van der Waals surface area contributed by atoms with Crippen LogP contribution in [-0.4, -0.2) is 47.8 Å². The highest BCUT2D eigenvalue weighted by molar-refractivity contribution is 6.32. The van der Waals surface area contributed by atoms with Gasteiger partial charge >= 0.3 is 0 Å². The van der Waals surface area contributed by atoms with Crippen LogP contribution < -0.4 is 0 Å². The van der Waals surface area contributed by atoms with Crippen molar-refractivity contribution in [3.8, 4) is 0 Å². The summed E-state index contributed by atoms with van der Waals surface area (Å²) in [5.41, 5.74) is 2.67. The van der Waals surface area contributed by atoms with Crippen LogP contribution in [0.2, 0.25) is 5.02 Å². The van der Waals surface area contributed by atoms with E-state index in [1.807, 2.05) is 35.8 Å². The topological polar surface area (TPSA) is 53.8 Å². The number of hydrogen-bond acceptors (Lipinski definition) is 3. The average molecular weight is 389 g/mol. The smallest absolute Gasteiger partial charge is 0.227 e. The lowest BCUT2D eigenvalue weighted by molar-refractivity contribution is -0.132. The van der Waals surface area contributed by atoms with Crippen molar-refractivity contribution in [1.29, 1.82) is 0 Å². The molecule has 3 heterocycles. The Labute approximate surface area is 164 Å². The third kappa shape index (κ3) is 3.33. The number of fused-ring (bicyclic) bond motifs is 1. The van der Waals surface area contributed by atoms with Crippen molar-refractivity contribution in [1.82, 2.24) is 9.80 Å². The highest BCUT2D eigenvalue weighted by atomic mass is 35.5. The van der Waals surface area contributed by atoms with Gasteiger partial charge in [0.05, 0.1) is 12.7 Å². The number of likely N-dealkylation sites (tertiary alicyclic amines) is 2. The first kappa shape index (κ1) is 18.4. The van der Waals surface area contributed by atoms with Gasteiger partial charge in [0, 0.05) is 54.0 Å². The average Bonchev–Trinajstić information content (AvgIpc) is 3.16. The van der Waals surface area contributed by atoms with Crippen molar-refractivity contribution in [2.75, 3.05) is 26.2 Å². The molecule has 2 fully saturated rings. The van der Waals surface area contributed by atoms with Crippen LogP contribution in [0, 0.1) is 12.3 Å². The number of aryl methyl sites for hydroxylation is 1. The maximum Gasteiger partial charge on any atom is 0.227 e. The maximum absolute atomic E-state index is 12.8. The zero-order valence-corrected chi connectivity index (χ0v) is 16.6. The van der Waals surface area contributed by atoms with E-state index < -0.39 is 0 Å². The largest absolute Gasteiger partial charge is 0.464 e. The van der Waals surface area contributed by atoms with Gasteiger partial charge in [-0.25, -0.2) is 0 Å². The highest BCUT2D eigenvalue weighted by Crippen LogP contribution is 2.41. The van der Waals surface area contributed by atoms with E-state index in [-0.39, 0.29) is 17.2 Å². The maximum atomic E-state index is 12.8. The summed E-state index contributed by atoms with van der Waals surface area (Å²) in [7, 11) is 0. The summed E-state index contributed by atoms with van der Waals surface area (Å²) in [6.45, 7) is 7.02. The molecule has 2 aliphatic rings. The van der Waals surface area contributed by atoms with Gasteiger partial charge in [-0.3, -0.25) is 9.59 Å². The number of halogens is 1. The Morgan fingerprint density at radius 3 is 2.70 bits per heavy atom. The zero-order chi connectivity index (χ0) is 19.2. The Morgan fingerprint density at radius 1 is 1.30 bits per heavy atom. The van der Waals surface area contributed by atoms with Crippen LogP contribution in [0.1, 0.15) is 37.3 Å². The summed E-state index contributed by atoms with van der Waals surface area (Å²) < 4.78 is 5.61. The minimum absolute atomic E-state index is 0.0667. The zero-order valence-electron chi connectivity index (χ0n) is 15.9. The molecule has 1 aromatic heterocycles. The second-order valence-corrected chi connectivity index (χ2v) is 8.41. The molecule has 4 rings (SSSR count). The fourth-order valence-corrected chi connectivity index (χ4v) is 4.61. The van der Waals surface area contributed by atoms with E-state index in [0.29, 0.717) is 17.9 Å². The van der Waals surface area contributed by atoms with Crippen LogP contribution in [0.15, 0.2) is 22.8 Å². The highest BCUT2D eigenvalue weighted by Gasteiger charge is 2.44. The molecule has 0 N–H and O–H groups in total. The van der Waals surface area contributed by atoms with Crippen molar-refractivity contribution in [2.45, 2.75) is 39.5 Å². The summed E-state index contributed by atoms with van der Waals surface area (Å²) in [5.74, 6) is 0.371. The molecule has 0 bridgehead atoms. The van der Waals surface area contributed by atoms with Gasteiger partial charge < -0.3 is 14.2 Å². The van der Waals surface area contributed by atoms with Gasteiger partial charge in [0.25, 0.3) is 0 Å². The Balaban J connectivity index is 1.42. The summed E-state index contributed by atoms with van der Waals surface area (Å²) in [5, 5.41) is 1.59. The van der Waals surface area contributed by atoms with Gasteiger partial charge in [0.2, 0.25) is 11.8 Å².